The molecule has 2 heterocycles. The van der Waals surface area contributed by atoms with Crippen LogP contribution >= 0.6 is 11.3 Å². The molecule has 0 saturated carbocycles. The lowest BCUT2D eigenvalue weighted by Gasteiger charge is -2.00. The van der Waals surface area contributed by atoms with Crippen LogP contribution in [0.2, 0.25) is 0 Å². The largest absolute Gasteiger partial charge is 0.507 e. The molecule has 0 atom stereocenters. The van der Waals surface area contributed by atoms with Crippen molar-refractivity contribution >= 4 is 11.3 Å². The maximum absolute atomic E-state index is 9.72. The van der Waals surface area contributed by atoms with Crippen molar-refractivity contribution in [3.63, 3.8) is 0 Å². The van der Waals surface area contributed by atoms with Crippen molar-refractivity contribution in [2.24, 2.45) is 0 Å². The number of benzene rings is 1. The Morgan fingerprint density at radius 3 is 2.58 bits per heavy atom. The summed E-state index contributed by atoms with van der Waals surface area (Å²) in [6.45, 7) is 0. The van der Waals surface area contributed by atoms with Crippen LogP contribution in [0.4, 0.5) is 0 Å². The number of nitrogens with zero attached hydrogens (tertiary/aromatic N) is 2. The second-order valence-corrected chi connectivity index (χ2v) is 4.98. The molecule has 0 saturated heterocycles. The summed E-state index contributed by atoms with van der Waals surface area (Å²) in [6, 6.07) is 8.39. The van der Waals surface area contributed by atoms with Crippen LogP contribution in [-0.4, -0.2) is 20.4 Å². The summed E-state index contributed by atoms with van der Waals surface area (Å²) in [4.78, 5) is 5.31. The lowest BCUT2D eigenvalue weighted by molar-refractivity contribution is 0.410. The second-order valence-electron chi connectivity index (χ2n) is 3.94. The highest BCUT2D eigenvalue weighted by Gasteiger charge is 2.17. The first-order chi connectivity index (χ1) is 9.24. The van der Waals surface area contributed by atoms with E-state index in [-0.39, 0.29) is 23.0 Å². The Balaban J connectivity index is 1.93. The standard InChI is InChI=1S/C13H10N2O3S/c16-9-4-1-5-10(17)12(9)13-14-11(15-18-13)7-8-3-2-6-19-8/h1-6,16-17H,7H2. The van der Waals surface area contributed by atoms with Gasteiger partial charge in [0, 0.05) is 11.3 Å². The van der Waals surface area contributed by atoms with E-state index < -0.39 is 0 Å². The maximum atomic E-state index is 9.72. The Morgan fingerprint density at radius 1 is 1.11 bits per heavy atom. The molecule has 0 unspecified atom stereocenters. The molecule has 2 aromatic heterocycles. The van der Waals surface area contributed by atoms with E-state index in [0.29, 0.717) is 12.2 Å². The van der Waals surface area contributed by atoms with Crippen LogP contribution in [0.15, 0.2) is 40.2 Å². The molecule has 0 aliphatic rings. The Hall–Kier alpha value is -2.34. The molecule has 1 aromatic carbocycles. The zero-order valence-electron chi connectivity index (χ0n) is 9.78. The fourth-order valence-electron chi connectivity index (χ4n) is 1.74. The van der Waals surface area contributed by atoms with Gasteiger partial charge >= 0.3 is 0 Å². The topological polar surface area (TPSA) is 79.4 Å². The van der Waals surface area contributed by atoms with Crippen LogP contribution < -0.4 is 0 Å². The van der Waals surface area contributed by atoms with Crippen LogP contribution in [0.5, 0.6) is 11.5 Å². The predicted octanol–water partition coefficient (Wildman–Crippen LogP) is 2.80. The van der Waals surface area contributed by atoms with Gasteiger partial charge in [0.05, 0.1) is 0 Å². The number of phenols is 2. The first-order valence-electron chi connectivity index (χ1n) is 5.60. The minimum absolute atomic E-state index is 0.0914. The first-order valence-corrected chi connectivity index (χ1v) is 6.48. The van der Waals surface area contributed by atoms with Crippen molar-refractivity contribution in [1.82, 2.24) is 10.1 Å². The number of hydrogen-bond acceptors (Lipinski definition) is 6. The van der Waals surface area contributed by atoms with Gasteiger partial charge in [0.1, 0.15) is 17.1 Å². The lowest BCUT2D eigenvalue weighted by atomic mass is 10.2. The lowest BCUT2D eigenvalue weighted by Crippen LogP contribution is -1.87. The number of aromatic nitrogens is 2. The molecule has 19 heavy (non-hydrogen) atoms. The van der Waals surface area contributed by atoms with Gasteiger partial charge in [-0.25, -0.2) is 0 Å². The van der Waals surface area contributed by atoms with Crippen molar-refractivity contribution in [2.45, 2.75) is 6.42 Å². The number of aromatic hydroxyl groups is 2. The van der Waals surface area contributed by atoms with Gasteiger partial charge in [0.15, 0.2) is 5.82 Å². The van der Waals surface area contributed by atoms with E-state index in [4.69, 9.17) is 4.52 Å². The van der Waals surface area contributed by atoms with E-state index in [0.717, 1.165) is 4.88 Å². The average molecular weight is 274 g/mol. The fraction of sp³-hybridized carbons (Fsp3) is 0.0769. The van der Waals surface area contributed by atoms with Gasteiger partial charge in [-0.15, -0.1) is 11.3 Å². The molecule has 0 aliphatic carbocycles. The van der Waals surface area contributed by atoms with E-state index in [1.807, 2.05) is 17.5 Å². The zero-order chi connectivity index (χ0) is 13.2. The summed E-state index contributed by atoms with van der Waals surface area (Å²) < 4.78 is 5.08. The summed E-state index contributed by atoms with van der Waals surface area (Å²) in [5, 5.41) is 25.3. The van der Waals surface area contributed by atoms with Gasteiger partial charge < -0.3 is 14.7 Å². The van der Waals surface area contributed by atoms with Gasteiger partial charge in [0.25, 0.3) is 5.89 Å². The van der Waals surface area contributed by atoms with Gasteiger partial charge in [-0.1, -0.05) is 17.3 Å². The Morgan fingerprint density at radius 2 is 1.89 bits per heavy atom. The summed E-state index contributed by atoms with van der Waals surface area (Å²) in [5.74, 6) is 0.444. The normalized spacial score (nSPS) is 10.7. The van der Waals surface area contributed by atoms with E-state index in [1.54, 1.807) is 11.3 Å². The molecule has 2 N–H and O–H groups in total. The summed E-state index contributed by atoms with van der Waals surface area (Å²) in [7, 11) is 0. The van der Waals surface area contributed by atoms with Crippen LogP contribution in [-0.2, 0) is 6.42 Å². The predicted molar refractivity (Wildman–Crippen MR) is 70.2 cm³/mol. The van der Waals surface area contributed by atoms with Gasteiger partial charge in [0.2, 0.25) is 0 Å². The first kappa shape index (κ1) is 11.7. The molecule has 3 aromatic rings. The molecule has 0 radical (unpaired) electrons. The highest BCUT2D eigenvalue weighted by molar-refractivity contribution is 7.09. The van der Waals surface area contributed by atoms with Crippen LogP contribution in [0.25, 0.3) is 11.5 Å². The van der Waals surface area contributed by atoms with Gasteiger partial charge in [-0.2, -0.15) is 4.98 Å². The third-order valence-electron chi connectivity index (χ3n) is 2.61. The monoisotopic (exact) mass is 274 g/mol. The van der Waals surface area contributed by atoms with Crippen LogP contribution in [0.3, 0.4) is 0 Å². The van der Waals surface area contributed by atoms with E-state index >= 15 is 0 Å². The quantitative estimate of drug-likeness (QED) is 0.767. The van der Waals surface area contributed by atoms with Gasteiger partial charge in [-0.05, 0) is 23.6 Å². The minimum Gasteiger partial charge on any atom is -0.507 e. The Kier molecular flexibility index (Phi) is 2.92. The third-order valence-corrected chi connectivity index (χ3v) is 3.49. The van der Waals surface area contributed by atoms with Crippen molar-refractivity contribution in [1.29, 1.82) is 0 Å². The molecular formula is C13H10N2O3S. The second kappa shape index (κ2) is 4.74. The Labute approximate surface area is 112 Å². The molecular weight excluding hydrogens is 264 g/mol. The average Bonchev–Trinajstić information content (AvgIpc) is 3.02. The van der Waals surface area contributed by atoms with Crippen molar-refractivity contribution in [3.05, 3.63) is 46.4 Å². The molecule has 3 rings (SSSR count). The van der Waals surface area contributed by atoms with Crippen LogP contribution in [0, 0.1) is 0 Å². The van der Waals surface area contributed by atoms with E-state index in [2.05, 4.69) is 10.1 Å². The summed E-state index contributed by atoms with van der Waals surface area (Å²) in [5.41, 5.74) is 0.160. The molecule has 0 spiro atoms. The summed E-state index contributed by atoms with van der Waals surface area (Å²) in [6.07, 6.45) is 0.565. The third kappa shape index (κ3) is 2.30. The number of hydrogen-bond donors (Lipinski definition) is 2. The summed E-state index contributed by atoms with van der Waals surface area (Å²) >= 11 is 1.61. The highest BCUT2D eigenvalue weighted by Crippen LogP contribution is 2.35. The molecule has 0 fully saturated rings. The molecule has 5 nitrogen and oxygen atoms in total. The van der Waals surface area contributed by atoms with Gasteiger partial charge in [-0.3, -0.25) is 0 Å². The minimum atomic E-state index is -0.0914. The van der Waals surface area contributed by atoms with Crippen molar-refractivity contribution in [2.75, 3.05) is 0 Å². The van der Waals surface area contributed by atoms with E-state index in [1.165, 1.54) is 18.2 Å². The number of phenolic OH excluding ortho intramolecular Hbond substituents is 2. The highest BCUT2D eigenvalue weighted by atomic mass is 32.1. The molecule has 0 amide bonds. The van der Waals surface area contributed by atoms with Crippen molar-refractivity contribution < 1.29 is 14.7 Å². The molecule has 6 heteroatoms. The van der Waals surface area contributed by atoms with Crippen LogP contribution in [0.1, 0.15) is 10.7 Å². The zero-order valence-corrected chi connectivity index (χ0v) is 10.6. The smallest absolute Gasteiger partial charge is 0.265 e. The molecule has 96 valence electrons. The fourth-order valence-corrected chi connectivity index (χ4v) is 2.45. The molecule has 0 aliphatic heterocycles. The number of thiophene rings is 1. The Bertz CT molecular complexity index is 671. The number of rotatable bonds is 3. The van der Waals surface area contributed by atoms with E-state index in [9.17, 15) is 10.2 Å². The maximum Gasteiger partial charge on any atom is 0.265 e. The van der Waals surface area contributed by atoms with Crippen molar-refractivity contribution in [3.8, 4) is 23.0 Å². The SMILES string of the molecule is Oc1cccc(O)c1-c1nc(Cc2cccs2)no1. The molecule has 0 bridgehead atoms.